The molecule has 1 N–H and O–H groups in total. The number of benzene rings is 1. The van der Waals surface area contributed by atoms with Crippen LogP contribution in [0, 0.1) is 5.92 Å². The summed E-state index contributed by atoms with van der Waals surface area (Å²) in [5.74, 6) is 1.22. The van der Waals surface area contributed by atoms with Gasteiger partial charge in [-0.2, -0.15) is 5.10 Å². The van der Waals surface area contributed by atoms with E-state index in [1.165, 1.54) is 9.58 Å². The van der Waals surface area contributed by atoms with Crippen LogP contribution in [0.25, 0.3) is 0 Å². The lowest BCUT2D eigenvalue weighted by molar-refractivity contribution is 0.0565. The first kappa shape index (κ1) is 25.0. The van der Waals surface area contributed by atoms with E-state index in [2.05, 4.69) is 24.3 Å². The number of alkyl halides is 2. The highest BCUT2D eigenvalue weighted by Crippen LogP contribution is 2.22. The Morgan fingerprint density at radius 2 is 2.03 bits per heavy atom. The summed E-state index contributed by atoms with van der Waals surface area (Å²) in [6.07, 6.45) is -0.647. The minimum atomic E-state index is -1.17. The van der Waals surface area contributed by atoms with Crippen LogP contribution >= 0.6 is 0 Å². The molecule has 1 aliphatic rings. The van der Waals surface area contributed by atoms with E-state index in [1.807, 2.05) is 36.2 Å². The highest BCUT2D eigenvalue weighted by Gasteiger charge is 2.35. The molecule has 0 saturated carbocycles. The number of likely N-dealkylation sites (tertiary alicyclic amines) is 1. The second-order valence-corrected chi connectivity index (χ2v) is 9.15. The molecule has 1 aromatic carbocycles. The zero-order valence-corrected chi connectivity index (χ0v) is 19.9. The van der Waals surface area contributed by atoms with Crippen molar-refractivity contribution in [2.24, 2.45) is 13.0 Å². The van der Waals surface area contributed by atoms with Crippen LogP contribution in [0.4, 0.5) is 13.6 Å². The summed E-state index contributed by atoms with van der Waals surface area (Å²) in [5.41, 5.74) is 1.88. The molecule has 9 heteroatoms. The SMILES string of the molecule is CC(C)COc1ccc(CNC(=O)N(Cc2cc(CF)n(C)n2)[C@H]2CCN(C)C[C@H]2F)cc1. The molecule has 2 heterocycles. The van der Waals surface area contributed by atoms with Gasteiger partial charge in [0.25, 0.3) is 0 Å². The molecule has 1 aliphatic heterocycles. The van der Waals surface area contributed by atoms with Crippen molar-refractivity contribution in [2.45, 2.75) is 52.2 Å². The number of piperidine rings is 1. The smallest absolute Gasteiger partial charge is 0.318 e. The number of amides is 2. The van der Waals surface area contributed by atoms with Gasteiger partial charge in [0.15, 0.2) is 0 Å². The number of nitrogens with zero attached hydrogens (tertiary/aromatic N) is 4. The van der Waals surface area contributed by atoms with Crippen LogP contribution in [0.15, 0.2) is 30.3 Å². The first-order chi connectivity index (χ1) is 15.8. The predicted molar refractivity (Wildman–Crippen MR) is 123 cm³/mol. The van der Waals surface area contributed by atoms with Gasteiger partial charge in [-0.3, -0.25) is 4.68 Å². The number of urea groups is 1. The van der Waals surface area contributed by atoms with Crippen molar-refractivity contribution < 1.29 is 18.3 Å². The van der Waals surface area contributed by atoms with E-state index in [1.54, 1.807) is 13.1 Å². The molecular weight excluding hydrogens is 428 g/mol. The summed E-state index contributed by atoms with van der Waals surface area (Å²) in [6, 6.07) is 8.26. The molecule has 1 fully saturated rings. The lowest BCUT2D eigenvalue weighted by atomic mass is 10.0. The van der Waals surface area contributed by atoms with Crippen molar-refractivity contribution >= 4 is 6.03 Å². The third-order valence-electron chi connectivity index (χ3n) is 5.82. The molecule has 182 valence electrons. The minimum absolute atomic E-state index is 0.121. The van der Waals surface area contributed by atoms with E-state index in [0.717, 1.165) is 11.3 Å². The van der Waals surface area contributed by atoms with Gasteiger partial charge in [0, 0.05) is 26.7 Å². The predicted octanol–water partition coefficient (Wildman–Crippen LogP) is 3.68. The zero-order valence-electron chi connectivity index (χ0n) is 19.9. The van der Waals surface area contributed by atoms with Crippen molar-refractivity contribution in [3.05, 3.63) is 47.3 Å². The summed E-state index contributed by atoms with van der Waals surface area (Å²) in [4.78, 5) is 16.6. The van der Waals surface area contributed by atoms with Gasteiger partial charge < -0.3 is 19.9 Å². The molecule has 1 saturated heterocycles. The van der Waals surface area contributed by atoms with Crippen LogP contribution in [0.3, 0.4) is 0 Å². The molecule has 33 heavy (non-hydrogen) atoms. The van der Waals surface area contributed by atoms with Gasteiger partial charge in [0.2, 0.25) is 0 Å². The quantitative estimate of drug-likeness (QED) is 0.616. The molecule has 3 rings (SSSR count). The number of aromatic nitrogens is 2. The Hall–Kier alpha value is -2.68. The standard InChI is InChI=1S/C24H35F2N5O2/c1-17(2)16-33-21-7-5-18(6-8-21)13-27-24(32)31(23-9-10-29(3)15-22(23)26)14-19-11-20(12-25)30(4)28-19/h5-8,11,17,22-23H,9-10,12-16H2,1-4H3,(H,27,32)/t22-,23+/m1/s1. The fourth-order valence-corrected chi connectivity index (χ4v) is 3.93. The highest BCUT2D eigenvalue weighted by molar-refractivity contribution is 5.74. The van der Waals surface area contributed by atoms with Gasteiger partial charge >= 0.3 is 6.03 Å². The Kier molecular flexibility index (Phi) is 8.66. The largest absolute Gasteiger partial charge is 0.493 e. The molecule has 0 unspecified atom stereocenters. The molecule has 2 atom stereocenters. The van der Waals surface area contributed by atoms with Crippen molar-refractivity contribution in [1.82, 2.24) is 24.9 Å². The number of carbonyl (C=O) groups excluding carboxylic acids is 1. The van der Waals surface area contributed by atoms with Crippen LogP contribution in [0.2, 0.25) is 0 Å². The first-order valence-electron chi connectivity index (χ1n) is 11.4. The molecule has 7 nitrogen and oxygen atoms in total. The van der Waals surface area contributed by atoms with Crippen molar-refractivity contribution in [3.8, 4) is 5.75 Å². The fraction of sp³-hybridized carbons (Fsp3) is 0.583. The fourth-order valence-electron chi connectivity index (χ4n) is 3.93. The van der Waals surface area contributed by atoms with Crippen LogP contribution in [-0.4, -0.2) is 64.6 Å². The topological polar surface area (TPSA) is 62.6 Å². The molecule has 2 aromatic rings. The van der Waals surface area contributed by atoms with E-state index in [4.69, 9.17) is 4.74 Å². The van der Waals surface area contributed by atoms with Gasteiger partial charge in [0.1, 0.15) is 18.6 Å². The van der Waals surface area contributed by atoms with Gasteiger partial charge in [-0.15, -0.1) is 0 Å². The lowest BCUT2D eigenvalue weighted by Gasteiger charge is -2.39. The average Bonchev–Trinajstić information content (AvgIpc) is 3.14. The number of aryl methyl sites for hydroxylation is 1. The second kappa shape index (κ2) is 11.4. The Morgan fingerprint density at radius 1 is 1.30 bits per heavy atom. The van der Waals surface area contributed by atoms with Gasteiger partial charge in [-0.05, 0) is 43.1 Å². The average molecular weight is 464 g/mol. The maximum absolute atomic E-state index is 14.9. The Balaban J connectivity index is 1.67. The van der Waals surface area contributed by atoms with Gasteiger partial charge in [0.05, 0.1) is 30.6 Å². The molecule has 2 amide bonds. The molecule has 0 aliphatic carbocycles. The Bertz CT molecular complexity index is 903. The van der Waals surface area contributed by atoms with E-state index in [9.17, 15) is 13.6 Å². The molecule has 1 aromatic heterocycles. The maximum Gasteiger partial charge on any atom is 0.318 e. The van der Waals surface area contributed by atoms with Crippen LogP contribution in [0.1, 0.15) is 37.2 Å². The molecule has 0 radical (unpaired) electrons. The van der Waals surface area contributed by atoms with Crippen LogP contribution < -0.4 is 10.1 Å². The van der Waals surface area contributed by atoms with Crippen LogP contribution in [-0.2, 0) is 26.8 Å². The van der Waals surface area contributed by atoms with E-state index in [0.29, 0.717) is 43.4 Å². The Labute approximate surface area is 194 Å². The maximum atomic E-state index is 14.9. The first-order valence-corrected chi connectivity index (χ1v) is 11.4. The van der Waals surface area contributed by atoms with Gasteiger partial charge in [-0.25, -0.2) is 13.6 Å². The van der Waals surface area contributed by atoms with Crippen molar-refractivity contribution in [2.75, 3.05) is 26.7 Å². The van der Waals surface area contributed by atoms with Crippen LogP contribution in [0.5, 0.6) is 5.75 Å². The number of rotatable bonds is 9. The van der Waals surface area contributed by atoms with Crippen molar-refractivity contribution in [1.29, 1.82) is 0 Å². The summed E-state index contributed by atoms with van der Waals surface area (Å²) in [7, 11) is 3.53. The summed E-state index contributed by atoms with van der Waals surface area (Å²) in [6.45, 7) is 5.57. The van der Waals surface area contributed by atoms with E-state index >= 15 is 0 Å². The number of carbonyl (C=O) groups is 1. The summed E-state index contributed by atoms with van der Waals surface area (Å²) in [5, 5.41) is 7.22. The number of hydrogen-bond acceptors (Lipinski definition) is 4. The molecule has 0 spiro atoms. The summed E-state index contributed by atoms with van der Waals surface area (Å²) < 4.78 is 35.2. The van der Waals surface area contributed by atoms with E-state index in [-0.39, 0.29) is 19.1 Å². The molecule has 0 bridgehead atoms. The zero-order chi connectivity index (χ0) is 24.0. The number of ether oxygens (including phenoxy) is 1. The Morgan fingerprint density at radius 3 is 2.64 bits per heavy atom. The van der Waals surface area contributed by atoms with Crippen molar-refractivity contribution in [3.63, 3.8) is 0 Å². The van der Waals surface area contributed by atoms with E-state index < -0.39 is 18.9 Å². The number of nitrogens with one attached hydrogen (secondary N) is 1. The third-order valence-corrected chi connectivity index (χ3v) is 5.82. The normalized spacial score (nSPS) is 19.0. The van der Waals surface area contributed by atoms with Gasteiger partial charge in [-0.1, -0.05) is 26.0 Å². The third kappa shape index (κ3) is 6.90. The minimum Gasteiger partial charge on any atom is -0.493 e. The second-order valence-electron chi connectivity index (χ2n) is 9.15. The molecular formula is C24H35F2N5O2. The number of halogens is 2. The highest BCUT2D eigenvalue weighted by atomic mass is 19.1. The monoisotopic (exact) mass is 463 g/mol. The number of hydrogen-bond donors (Lipinski definition) is 1. The summed E-state index contributed by atoms with van der Waals surface area (Å²) >= 11 is 0. The lowest BCUT2D eigenvalue weighted by Crippen LogP contribution is -2.55.